The number of nitrogens with zero attached hydrogens (tertiary/aromatic N) is 2. The summed E-state index contributed by atoms with van der Waals surface area (Å²) in [6.45, 7) is 8.67. The van der Waals surface area contributed by atoms with Gasteiger partial charge in [-0.05, 0) is 81.6 Å². The highest BCUT2D eigenvalue weighted by Crippen LogP contribution is 2.27. The predicted molar refractivity (Wildman–Crippen MR) is 161 cm³/mol. The van der Waals surface area contributed by atoms with Crippen molar-refractivity contribution in [3.05, 3.63) is 94.0 Å². The zero-order valence-electron chi connectivity index (χ0n) is 23.3. The predicted octanol–water partition coefficient (Wildman–Crippen LogP) is 6.22. The topological polar surface area (TPSA) is 86.8 Å². The Balaban J connectivity index is 2.09. The lowest BCUT2D eigenvalue weighted by atomic mass is 10.1. The van der Waals surface area contributed by atoms with Gasteiger partial charge in [-0.2, -0.15) is 0 Å². The van der Waals surface area contributed by atoms with E-state index >= 15 is 0 Å². The van der Waals surface area contributed by atoms with E-state index in [1.165, 1.54) is 17.0 Å². The third-order valence-corrected chi connectivity index (χ3v) is 8.51. The lowest BCUT2D eigenvalue weighted by Crippen LogP contribution is -2.55. The largest absolute Gasteiger partial charge is 0.350 e. The number of aryl methyl sites for hydroxylation is 1. The molecule has 0 spiro atoms. The first-order valence-corrected chi connectivity index (χ1v) is 15.1. The summed E-state index contributed by atoms with van der Waals surface area (Å²) in [5, 5.41) is 3.72. The standard InChI is InChI=1S/C30H35Cl2N3O4S/c1-6-27(29(37)33-30(3,4)5)34(19-22-15-16-23(31)18-26(22)32)28(36)20-35(24-12-10-11-21(2)17-24)40(38,39)25-13-8-7-9-14-25/h7-18,27H,6,19-20H2,1-5H3,(H,33,37)/t27-/m0/s1. The molecule has 1 atom stereocenters. The smallest absolute Gasteiger partial charge is 0.264 e. The minimum Gasteiger partial charge on any atom is -0.350 e. The minimum atomic E-state index is -4.13. The average molecular weight is 605 g/mol. The average Bonchev–Trinajstić information content (AvgIpc) is 2.87. The van der Waals surface area contributed by atoms with Crippen LogP contribution in [0.4, 0.5) is 5.69 Å². The first-order chi connectivity index (χ1) is 18.7. The SMILES string of the molecule is CC[C@@H](C(=O)NC(C)(C)C)N(Cc1ccc(Cl)cc1Cl)C(=O)CN(c1cccc(C)c1)S(=O)(=O)c1ccccc1. The molecule has 0 heterocycles. The molecular weight excluding hydrogens is 569 g/mol. The molecule has 2 amide bonds. The second kappa shape index (κ2) is 13.1. The summed E-state index contributed by atoms with van der Waals surface area (Å²) in [4.78, 5) is 28.9. The number of carbonyl (C=O) groups is 2. The van der Waals surface area contributed by atoms with Crippen LogP contribution in [0.15, 0.2) is 77.7 Å². The van der Waals surface area contributed by atoms with Gasteiger partial charge in [0, 0.05) is 22.1 Å². The van der Waals surface area contributed by atoms with Gasteiger partial charge in [0.25, 0.3) is 10.0 Å². The van der Waals surface area contributed by atoms with Crippen molar-refractivity contribution in [1.29, 1.82) is 0 Å². The van der Waals surface area contributed by atoms with E-state index in [1.807, 2.05) is 33.8 Å². The molecule has 10 heteroatoms. The quantitative estimate of drug-likeness (QED) is 0.298. The van der Waals surface area contributed by atoms with E-state index in [0.29, 0.717) is 27.7 Å². The number of hydrogen-bond acceptors (Lipinski definition) is 4. The molecule has 7 nitrogen and oxygen atoms in total. The number of anilines is 1. The van der Waals surface area contributed by atoms with Crippen molar-refractivity contribution in [2.75, 3.05) is 10.8 Å². The van der Waals surface area contributed by atoms with Gasteiger partial charge in [0.1, 0.15) is 12.6 Å². The Bertz CT molecular complexity index is 1460. The summed E-state index contributed by atoms with van der Waals surface area (Å²) in [5.74, 6) is -0.899. The number of hydrogen-bond donors (Lipinski definition) is 1. The molecule has 0 aliphatic carbocycles. The summed E-state index contributed by atoms with van der Waals surface area (Å²) in [5.41, 5.74) is 1.21. The second-order valence-electron chi connectivity index (χ2n) is 10.6. The van der Waals surface area contributed by atoms with Crippen molar-refractivity contribution in [3.63, 3.8) is 0 Å². The molecule has 0 bridgehead atoms. The number of halogens is 2. The van der Waals surface area contributed by atoms with Crippen LogP contribution in [0.5, 0.6) is 0 Å². The third-order valence-electron chi connectivity index (χ3n) is 6.14. The summed E-state index contributed by atoms with van der Waals surface area (Å²) in [6.07, 6.45) is 0.300. The first-order valence-electron chi connectivity index (χ1n) is 12.9. The first kappa shape index (κ1) is 31.5. The number of rotatable bonds is 10. The number of nitrogens with one attached hydrogen (secondary N) is 1. The summed E-state index contributed by atoms with van der Waals surface area (Å²) in [7, 11) is -4.13. The normalized spacial score (nSPS) is 12.5. The van der Waals surface area contributed by atoms with Crippen LogP contribution in [0.25, 0.3) is 0 Å². The minimum absolute atomic E-state index is 0.0159. The number of benzene rings is 3. The van der Waals surface area contributed by atoms with Crippen LogP contribution in [0.1, 0.15) is 45.2 Å². The maximum Gasteiger partial charge on any atom is 0.264 e. The van der Waals surface area contributed by atoms with Crippen LogP contribution >= 0.6 is 23.2 Å². The highest BCUT2D eigenvalue weighted by atomic mass is 35.5. The molecule has 40 heavy (non-hydrogen) atoms. The van der Waals surface area contributed by atoms with Crippen molar-refractivity contribution in [2.45, 2.75) is 64.1 Å². The lowest BCUT2D eigenvalue weighted by molar-refractivity contribution is -0.141. The van der Waals surface area contributed by atoms with Crippen molar-refractivity contribution in [1.82, 2.24) is 10.2 Å². The van der Waals surface area contributed by atoms with Crippen molar-refractivity contribution in [3.8, 4) is 0 Å². The van der Waals surface area contributed by atoms with Crippen LogP contribution < -0.4 is 9.62 Å². The molecule has 0 aliphatic heterocycles. The summed E-state index contributed by atoms with van der Waals surface area (Å²) >= 11 is 12.5. The van der Waals surface area contributed by atoms with Gasteiger partial charge in [-0.25, -0.2) is 8.42 Å². The van der Waals surface area contributed by atoms with E-state index < -0.39 is 34.1 Å². The molecule has 0 unspecified atom stereocenters. The molecule has 0 aliphatic rings. The van der Waals surface area contributed by atoms with Gasteiger partial charge in [0.05, 0.1) is 10.6 Å². The molecule has 0 saturated carbocycles. The van der Waals surface area contributed by atoms with Crippen molar-refractivity contribution >= 4 is 50.7 Å². The Labute approximate surface area is 247 Å². The maximum absolute atomic E-state index is 14.1. The summed E-state index contributed by atoms with van der Waals surface area (Å²) < 4.78 is 28.8. The van der Waals surface area contributed by atoms with Gasteiger partial charge in [-0.1, -0.05) is 66.5 Å². The molecule has 0 aromatic heterocycles. The Morgan fingerprint density at radius 3 is 2.20 bits per heavy atom. The van der Waals surface area contributed by atoms with E-state index in [-0.39, 0.29) is 17.3 Å². The maximum atomic E-state index is 14.1. The van der Waals surface area contributed by atoms with Gasteiger partial charge in [0.15, 0.2) is 0 Å². The Kier molecular flexibility index (Phi) is 10.3. The van der Waals surface area contributed by atoms with Crippen LogP contribution in [0, 0.1) is 6.92 Å². The zero-order valence-corrected chi connectivity index (χ0v) is 25.6. The van der Waals surface area contributed by atoms with E-state index in [2.05, 4.69) is 5.32 Å². The van der Waals surface area contributed by atoms with E-state index in [1.54, 1.807) is 61.5 Å². The monoisotopic (exact) mass is 603 g/mol. The third kappa shape index (κ3) is 7.99. The molecular formula is C30H35Cl2N3O4S. The van der Waals surface area contributed by atoms with Gasteiger partial charge < -0.3 is 10.2 Å². The van der Waals surface area contributed by atoms with Crippen LogP contribution in [0.2, 0.25) is 10.0 Å². The Morgan fingerprint density at radius 1 is 0.950 bits per heavy atom. The van der Waals surface area contributed by atoms with E-state index in [4.69, 9.17) is 23.2 Å². The number of sulfonamides is 1. The van der Waals surface area contributed by atoms with Gasteiger partial charge in [-0.3, -0.25) is 13.9 Å². The molecule has 214 valence electrons. The molecule has 3 aromatic carbocycles. The molecule has 0 fully saturated rings. The van der Waals surface area contributed by atoms with E-state index in [0.717, 1.165) is 9.87 Å². The van der Waals surface area contributed by atoms with Gasteiger partial charge >= 0.3 is 0 Å². The number of carbonyl (C=O) groups excluding carboxylic acids is 2. The van der Waals surface area contributed by atoms with Crippen LogP contribution in [-0.2, 0) is 26.2 Å². The Morgan fingerprint density at radius 2 is 1.62 bits per heavy atom. The fourth-order valence-corrected chi connectivity index (χ4v) is 6.13. The summed E-state index contributed by atoms with van der Waals surface area (Å²) in [6, 6.07) is 18.9. The van der Waals surface area contributed by atoms with E-state index in [9.17, 15) is 18.0 Å². The highest BCUT2D eigenvalue weighted by Gasteiger charge is 2.34. The number of amides is 2. The molecule has 1 N–H and O–H groups in total. The van der Waals surface area contributed by atoms with Crippen LogP contribution in [-0.4, -0.2) is 43.3 Å². The fourth-order valence-electron chi connectivity index (χ4n) is 4.24. The Hall–Kier alpha value is -3.07. The lowest BCUT2D eigenvalue weighted by Gasteiger charge is -2.35. The second-order valence-corrected chi connectivity index (χ2v) is 13.3. The fraction of sp³-hybridized carbons (Fsp3) is 0.333. The molecule has 0 radical (unpaired) electrons. The van der Waals surface area contributed by atoms with Gasteiger partial charge in [-0.15, -0.1) is 0 Å². The van der Waals surface area contributed by atoms with Crippen molar-refractivity contribution < 1.29 is 18.0 Å². The van der Waals surface area contributed by atoms with Gasteiger partial charge in [0.2, 0.25) is 11.8 Å². The molecule has 3 aromatic rings. The van der Waals surface area contributed by atoms with Crippen molar-refractivity contribution in [2.24, 2.45) is 0 Å². The molecule has 3 rings (SSSR count). The highest BCUT2D eigenvalue weighted by molar-refractivity contribution is 7.92. The zero-order chi connectivity index (χ0) is 29.7. The molecule has 0 saturated heterocycles. The van der Waals surface area contributed by atoms with Crippen LogP contribution in [0.3, 0.4) is 0 Å².